The van der Waals surface area contributed by atoms with Crippen molar-refractivity contribution in [3.8, 4) is 0 Å². The van der Waals surface area contributed by atoms with Gasteiger partial charge in [0.05, 0.1) is 23.4 Å². The second-order valence-corrected chi connectivity index (χ2v) is 5.72. The maximum absolute atomic E-state index is 11.4. The predicted octanol–water partition coefficient (Wildman–Crippen LogP) is 0.331. The quantitative estimate of drug-likeness (QED) is 0.532. The summed E-state index contributed by atoms with van der Waals surface area (Å²) in [7, 11) is -2.85. The molecule has 0 aromatic rings. The summed E-state index contributed by atoms with van der Waals surface area (Å²) in [6, 6.07) is 0. The van der Waals surface area contributed by atoms with E-state index in [4.69, 9.17) is 5.73 Å². The Kier molecular flexibility index (Phi) is 3.30. The zero-order valence-corrected chi connectivity index (χ0v) is 8.68. The van der Waals surface area contributed by atoms with Crippen molar-refractivity contribution in [1.29, 1.82) is 0 Å². The van der Waals surface area contributed by atoms with Crippen molar-refractivity contribution in [2.75, 3.05) is 12.3 Å². The maximum atomic E-state index is 11.4. The molecule has 0 aliphatic carbocycles. The second kappa shape index (κ2) is 4.09. The summed E-state index contributed by atoms with van der Waals surface area (Å²) in [6.07, 6.45) is 2.20. The molecule has 5 heteroatoms. The second-order valence-electron chi connectivity index (χ2n) is 3.32. The molecule has 0 bridgehead atoms. The van der Waals surface area contributed by atoms with Gasteiger partial charge in [-0.05, 0) is 12.8 Å². The van der Waals surface area contributed by atoms with Gasteiger partial charge < -0.3 is 5.73 Å². The Balaban J connectivity index is 2.56. The molecule has 1 atom stereocenters. The molecular weight excluding hydrogens is 188 g/mol. The minimum Gasteiger partial charge on any atom is -0.387 e. The smallest absolute Gasteiger partial charge is 0.154 e. The number of hydrogen-bond acceptors (Lipinski definition) is 3. The van der Waals surface area contributed by atoms with E-state index in [2.05, 4.69) is 4.99 Å². The Hall–Kier alpha value is -0.580. The average Bonchev–Trinajstić information content (AvgIpc) is 2.41. The molecule has 0 spiro atoms. The molecule has 1 saturated heterocycles. The van der Waals surface area contributed by atoms with E-state index in [1.54, 1.807) is 0 Å². The normalized spacial score (nSPS) is 27.8. The third kappa shape index (κ3) is 2.69. The Labute approximate surface area is 79.1 Å². The molecule has 0 amide bonds. The minimum atomic E-state index is -2.85. The van der Waals surface area contributed by atoms with Gasteiger partial charge in [0.15, 0.2) is 9.84 Å². The van der Waals surface area contributed by atoms with Gasteiger partial charge in [-0.3, -0.25) is 4.99 Å². The first kappa shape index (κ1) is 10.5. The number of rotatable bonds is 3. The van der Waals surface area contributed by atoms with Crippen molar-refractivity contribution < 1.29 is 8.42 Å². The van der Waals surface area contributed by atoms with Gasteiger partial charge >= 0.3 is 0 Å². The van der Waals surface area contributed by atoms with E-state index in [0.717, 1.165) is 12.8 Å². The van der Waals surface area contributed by atoms with Crippen LogP contribution >= 0.6 is 0 Å². The van der Waals surface area contributed by atoms with Gasteiger partial charge in [-0.25, -0.2) is 8.42 Å². The lowest BCUT2D eigenvalue weighted by atomic mass is 10.2. The summed E-state index contributed by atoms with van der Waals surface area (Å²) < 4.78 is 22.7. The van der Waals surface area contributed by atoms with Crippen LogP contribution in [0.2, 0.25) is 0 Å². The summed E-state index contributed by atoms with van der Waals surface area (Å²) in [5.41, 5.74) is 5.49. The fourth-order valence-corrected chi connectivity index (χ4v) is 3.12. The Morgan fingerprint density at radius 2 is 2.31 bits per heavy atom. The molecule has 1 unspecified atom stereocenters. The lowest BCUT2D eigenvalue weighted by molar-refractivity contribution is 0.590. The van der Waals surface area contributed by atoms with Crippen LogP contribution < -0.4 is 5.73 Å². The number of sulfone groups is 1. The largest absolute Gasteiger partial charge is 0.387 e. The lowest BCUT2D eigenvalue weighted by Gasteiger charge is -2.05. The molecule has 1 heterocycles. The third-order valence-corrected chi connectivity index (χ3v) is 4.58. The summed E-state index contributed by atoms with van der Waals surface area (Å²) in [6.45, 7) is 2.25. The van der Waals surface area contributed by atoms with Gasteiger partial charge in [0.25, 0.3) is 0 Å². The van der Waals surface area contributed by atoms with Crippen LogP contribution in [0, 0.1) is 0 Å². The summed E-state index contributed by atoms with van der Waals surface area (Å²) in [4.78, 5) is 4.04. The zero-order valence-electron chi connectivity index (χ0n) is 7.86. The maximum Gasteiger partial charge on any atom is 0.154 e. The lowest BCUT2D eigenvalue weighted by Crippen LogP contribution is -2.21. The first-order valence-corrected chi connectivity index (χ1v) is 6.28. The van der Waals surface area contributed by atoms with Gasteiger partial charge in [0.1, 0.15) is 0 Å². The van der Waals surface area contributed by atoms with Crippen LogP contribution in [0.4, 0.5) is 0 Å². The van der Waals surface area contributed by atoms with E-state index in [1.165, 1.54) is 0 Å². The molecule has 0 aromatic carbocycles. The van der Waals surface area contributed by atoms with Crippen LogP contribution in [0.3, 0.4) is 0 Å². The van der Waals surface area contributed by atoms with E-state index in [1.807, 2.05) is 6.92 Å². The number of nitrogens with two attached hydrogens (primary N) is 1. The van der Waals surface area contributed by atoms with Gasteiger partial charge in [-0.2, -0.15) is 0 Å². The fraction of sp³-hybridized carbons (Fsp3) is 0.875. The first-order chi connectivity index (χ1) is 6.06. The number of amidine groups is 1. The highest BCUT2D eigenvalue weighted by molar-refractivity contribution is 7.92. The molecular formula is C8H16N2O2S. The van der Waals surface area contributed by atoms with Crippen LogP contribution in [0.1, 0.15) is 26.2 Å². The Morgan fingerprint density at radius 1 is 1.62 bits per heavy atom. The molecule has 0 aromatic heterocycles. The van der Waals surface area contributed by atoms with E-state index in [0.29, 0.717) is 24.6 Å². The van der Waals surface area contributed by atoms with Gasteiger partial charge in [-0.15, -0.1) is 0 Å². The number of nitrogens with zero attached hydrogens (tertiary/aromatic N) is 1. The fourth-order valence-electron chi connectivity index (χ4n) is 1.39. The highest BCUT2D eigenvalue weighted by Crippen LogP contribution is 2.19. The van der Waals surface area contributed by atoms with Crippen molar-refractivity contribution in [1.82, 2.24) is 0 Å². The number of hydrogen-bond donors (Lipinski definition) is 1. The monoisotopic (exact) mass is 204 g/mol. The number of aliphatic imine (C=N–C) groups is 1. The van der Waals surface area contributed by atoms with Gasteiger partial charge in [-0.1, -0.05) is 6.92 Å². The molecule has 1 aliphatic heterocycles. The summed E-state index contributed by atoms with van der Waals surface area (Å²) in [5.74, 6) is 0.862. The van der Waals surface area contributed by atoms with E-state index >= 15 is 0 Å². The Bertz CT molecular complexity index is 295. The SMILES string of the molecule is CCC(N)=NCC1CCCS1(=O)=O. The van der Waals surface area contributed by atoms with Gasteiger partial charge in [0, 0.05) is 6.42 Å². The van der Waals surface area contributed by atoms with E-state index in [-0.39, 0.29) is 5.25 Å². The summed E-state index contributed by atoms with van der Waals surface area (Å²) in [5, 5.41) is -0.280. The van der Waals surface area contributed by atoms with Gasteiger partial charge in [0.2, 0.25) is 0 Å². The van der Waals surface area contributed by atoms with Crippen molar-refractivity contribution in [3.63, 3.8) is 0 Å². The molecule has 13 heavy (non-hydrogen) atoms. The summed E-state index contributed by atoms with van der Waals surface area (Å²) >= 11 is 0. The average molecular weight is 204 g/mol. The molecule has 1 rings (SSSR count). The molecule has 76 valence electrons. The third-order valence-electron chi connectivity index (χ3n) is 2.32. The predicted molar refractivity (Wildman–Crippen MR) is 53.6 cm³/mol. The Morgan fingerprint density at radius 3 is 2.77 bits per heavy atom. The standard InChI is InChI=1S/C8H16N2O2S/c1-2-8(9)10-6-7-4-3-5-13(7,11)12/h7H,2-6H2,1H3,(H2,9,10). The topological polar surface area (TPSA) is 72.5 Å². The minimum absolute atomic E-state index is 0.280. The van der Waals surface area contributed by atoms with E-state index in [9.17, 15) is 8.42 Å². The van der Waals surface area contributed by atoms with Crippen molar-refractivity contribution in [2.24, 2.45) is 10.7 Å². The van der Waals surface area contributed by atoms with Crippen molar-refractivity contribution in [2.45, 2.75) is 31.4 Å². The van der Waals surface area contributed by atoms with Crippen molar-refractivity contribution in [3.05, 3.63) is 0 Å². The van der Waals surface area contributed by atoms with Crippen LogP contribution in [0.15, 0.2) is 4.99 Å². The first-order valence-electron chi connectivity index (χ1n) is 4.56. The van der Waals surface area contributed by atoms with Crippen LogP contribution in [0.25, 0.3) is 0 Å². The highest BCUT2D eigenvalue weighted by atomic mass is 32.2. The van der Waals surface area contributed by atoms with E-state index < -0.39 is 9.84 Å². The molecule has 1 fully saturated rings. The van der Waals surface area contributed by atoms with Crippen LogP contribution in [-0.4, -0.2) is 31.8 Å². The molecule has 1 aliphatic rings. The molecule has 0 saturated carbocycles. The molecule has 2 N–H and O–H groups in total. The van der Waals surface area contributed by atoms with Crippen LogP contribution in [0.5, 0.6) is 0 Å². The van der Waals surface area contributed by atoms with Crippen molar-refractivity contribution >= 4 is 15.7 Å². The molecule has 0 radical (unpaired) electrons. The highest BCUT2D eigenvalue weighted by Gasteiger charge is 2.30. The molecule has 4 nitrogen and oxygen atoms in total. The zero-order chi connectivity index (χ0) is 9.90. The van der Waals surface area contributed by atoms with Crippen LogP contribution in [-0.2, 0) is 9.84 Å².